The van der Waals surface area contributed by atoms with Gasteiger partial charge in [0, 0.05) is 30.0 Å². The third-order valence-corrected chi connectivity index (χ3v) is 3.30. The van der Waals surface area contributed by atoms with Gasteiger partial charge in [0.15, 0.2) is 5.11 Å². The second kappa shape index (κ2) is 5.32. The fraction of sp³-hybridized carbons (Fsp3) is 0.214. The van der Waals surface area contributed by atoms with Crippen LogP contribution < -0.4 is 10.6 Å². The van der Waals surface area contributed by atoms with Gasteiger partial charge >= 0.3 is 0 Å². The van der Waals surface area contributed by atoms with E-state index in [0.29, 0.717) is 17.1 Å². The normalized spacial score (nSPS) is 20.6. The van der Waals surface area contributed by atoms with Crippen molar-refractivity contribution in [1.82, 2.24) is 15.3 Å². The molecule has 0 spiro atoms. The minimum absolute atomic E-state index is 0.374. The van der Waals surface area contributed by atoms with Crippen LogP contribution in [-0.2, 0) is 0 Å². The van der Waals surface area contributed by atoms with Crippen LogP contribution >= 0.6 is 12.2 Å². The maximum absolute atomic E-state index is 5.27. The Morgan fingerprint density at radius 2 is 1.89 bits per heavy atom. The molecule has 3 rings (SSSR count). The minimum Gasteiger partial charge on any atom is -0.359 e. The molecule has 1 aliphatic rings. The zero-order valence-electron chi connectivity index (χ0n) is 10.3. The Morgan fingerprint density at radius 1 is 1.11 bits per heavy atom. The van der Waals surface area contributed by atoms with Gasteiger partial charge in [0.25, 0.3) is 0 Å². The molecular weight excluding hydrogens is 256 g/mol. The Morgan fingerprint density at radius 3 is 2.58 bits per heavy atom. The van der Waals surface area contributed by atoms with Crippen molar-refractivity contribution < 1.29 is 0 Å². The third-order valence-electron chi connectivity index (χ3n) is 3.08. The minimum atomic E-state index is 0.374. The lowest BCUT2D eigenvalue weighted by Gasteiger charge is -2.09. The summed E-state index contributed by atoms with van der Waals surface area (Å²) in [5.41, 5.74) is 1.13. The molecule has 1 aliphatic carbocycles. The second-order valence-corrected chi connectivity index (χ2v) is 4.92. The number of hydrogen-bond acceptors (Lipinski definition) is 3. The average Bonchev–Trinajstić information content (AvgIpc) is 3.20. The smallest absolute Gasteiger partial charge is 0.172 e. The van der Waals surface area contributed by atoms with Gasteiger partial charge in [0.2, 0.25) is 0 Å². The molecule has 5 heteroatoms. The first-order valence-electron chi connectivity index (χ1n) is 6.22. The Labute approximate surface area is 117 Å². The van der Waals surface area contributed by atoms with Crippen molar-refractivity contribution in [3.05, 3.63) is 54.5 Å². The summed E-state index contributed by atoms with van der Waals surface area (Å²) in [6.45, 7) is 0. The Bertz CT molecular complexity index is 558. The highest BCUT2D eigenvalue weighted by Crippen LogP contribution is 2.39. The number of pyridine rings is 2. The number of thiocarbonyl (C=S) groups is 1. The molecule has 2 aromatic rings. The molecule has 0 aromatic carbocycles. The van der Waals surface area contributed by atoms with Gasteiger partial charge in [-0.15, -0.1) is 0 Å². The molecule has 0 radical (unpaired) electrons. The summed E-state index contributed by atoms with van der Waals surface area (Å²) in [6, 6.07) is 12.1. The third kappa shape index (κ3) is 3.06. The van der Waals surface area contributed by atoms with E-state index in [-0.39, 0.29) is 0 Å². The van der Waals surface area contributed by atoms with E-state index in [2.05, 4.69) is 26.7 Å². The van der Waals surface area contributed by atoms with Gasteiger partial charge < -0.3 is 10.6 Å². The van der Waals surface area contributed by atoms with Gasteiger partial charge in [-0.05, 0) is 42.9 Å². The predicted molar refractivity (Wildman–Crippen MR) is 79.0 cm³/mol. The predicted octanol–water partition coefficient (Wildman–Crippen LogP) is 2.32. The maximum Gasteiger partial charge on any atom is 0.172 e. The zero-order chi connectivity index (χ0) is 13.1. The number of nitrogens with zero attached hydrogens (tertiary/aromatic N) is 2. The summed E-state index contributed by atoms with van der Waals surface area (Å²) in [7, 11) is 0. The fourth-order valence-corrected chi connectivity index (χ4v) is 2.29. The van der Waals surface area contributed by atoms with E-state index in [9.17, 15) is 0 Å². The van der Waals surface area contributed by atoms with Gasteiger partial charge in [0.1, 0.15) is 5.82 Å². The summed E-state index contributed by atoms with van der Waals surface area (Å²) in [4.78, 5) is 8.54. The summed E-state index contributed by atoms with van der Waals surface area (Å²) in [6.07, 6.45) is 4.63. The number of anilines is 1. The van der Waals surface area contributed by atoms with Crippen LogP contribution in [0.1, 0.15) is 18.0 Å². The molecule has 0 amide bonds. The first-order valence-corrected chi connectivity index (χ1v) is 6.63. The van der Waals surface area contributed by atoms with Crippen molar-refractivity contribution in [1.29, 1.82) is 0 Å². The summed E-state index contributed by atoms with van der Waals surface area (Å²) < 4.78 is 0. The lowest BCUT2D eigenvalue weighted by Crippen LogP contribution is -2.31. The van der Waals surface area contributed by atoms with E-state index in [4.69, 9.17) is 12.2 Å². The standard InChI is InChI=1S/C14H14N4S/c19-14(18-13-6-2-4-8-16-13)17-12-9-10(12)11-5-1-3-7-15-11/h1-8,10,12H,9H2,(H2,16,17,18,19). The van der Waals surface area contributed by atoms with Crippen LogP contribution in [0.2, 0.25) is 0 Å². The van der Waals surface area contributed by atoms with Crippen LogP contribution in [0.15, 0.2) is 48.8 Å². The lowest BCUT2D eigenvalue weighted by atomic mass is 10.2. The first-order chi connectivity index (χ1) is 9.33. The summed E-state index contributed by atoms with van der Waals surface area (Å²) in [5, 5.41) is 6.98. The second-order valence-electron chi connectivity index (χ2n) is 4.52. The van der Waals surface area contributed by atoms with Crippen LogP contribution in [0.4, 0.5) is 5.82 Å². The van der Waals surface area contributed by atoms with Crippen LogP contribution in [0.25, 0.3) is 0 Å². The molecule has 96 valence electrons. The molecule has 2 unspecified atom stereocenters. The Hall–Kier alpha value is -2.01. The molecular formula is C14H14N4S. The Kier molecular flexibility index (Phi) is 3.37. The van der Waals surface area contributed by atoms with Gasteiger partial charge in [-0.3, -0.25) is 4.98 Å². The highest BCUT2D eigenvalue weighted by Gasteiger charge is 2.39. The summed E-state index contributed by atoms with van der Waals surface area (Å²) >= 11 is 5.27. The molecule has 0 bridgehead atoms. The van der Waals surface area contributed by atoms with Crippen molar-refractivity contribution in [2.75, 3.05) is 5.32 Å². The van der Waals surface area contributed by atoms with Crippen LogP contribution in [0.3, 0.4) is 0 Å². The van der Waals surface area contributed by atoms with Crippen LogP contribution in [0.5, 0.6) is 0 Å². The largest absolute Gasteiger partial charge is 0.359 e. The number of rotatable bonds is 3. The van der Waals surface area contributed by atoms with Crippen molar-refractivity contribution in [2.45, 2.75) is 18.4 Å². The molecule has 19 heavy (non-hydrogen) atoms. The molecule has 0 saturated heterocycles. The van der Waals surface area contributed by atoms with Gasteiger partial charge in [0.05, 0.1) is 0 Å². The maximum atomic E-state index is 5.27. The zero-order valence-corrected chi connectivity index (χ0v) is 11.1. The molecule has 2 atom stereocenters. The van der Waals surface area contributed by atoms with Crippen molar-refractivity contribution in [3.63, 3.8) is 0 Å². The van der Waals surface area contributed by atoms with Crippen LogP contribution in [-0.4, -0.2) is 21.1 Å². The molecule has 2 aromatic heterocycles. The fourth-order valence-electron chi connectivity index (χ4n) is 2.03. The molecule has 1 saturated carbocycles. The van der Waals surface area contributed by atoms with E-state index >= 15 is 0 Å². The average molecular weight is 270 g/mol. The monoisotopic (exact) mass is 270 g/mol. The SMILES string of the molecule is S=C(Nc1ccccn1)NC1CC1c1ccccn1. The summed E-state index contributed by atoms with van der Waals surface area (Å²) in [5.74, 6) is 1.22. The number of aromatic nitrogens is 2. The molecule has 0 aliphatic heterocycles. The van der Waals surface area contributed by atoms with Crippen molar-refractivity contribution in [3.8, 4) is 0 Å². The molecule has 2 heterocycles. The van der Waals surface area contributed by atoms with Gasteiger partial charge in [-0.2, -0.15) is 0 Å². The van der Waals surface area contributed by atoms with Gasteiger partial charge in [-0.1, -0.05) is 12.1 Å². The lowest BCUT2D eigenvalue weighted by molar-refractivity contribution is 0.858. The highest BCUT2D eigenvalue weighted by molar-refractivity contribution is 7.80. The topological polar surface area (TPSA) is 49.8 Å². The van der Waals surface area contributed by atoms with E-state index in [1.54, 1.807) is 6.20 Å². The number of nitrogens with one attached hydrogen (secondary N) is 2. The molecule has 4 nitrogen and oxygen atoms in total. The quantitative estimate of drug-likeness (QED) is 0.838. The highest BCUT2D eigenvalue weighted by atomic mass is 32.1. The van der Waals surface area contributed by atoms with Crippen molar-refractivity contribution >= 4 is 23.1 Å². The Balaban J connectivity index is 1.52. The molecule has 2 N–H and O–H groups in total. The van der Waals surface area contributed by atoms with Crippen LogP contribution in [0, 0.1) is 0 Å². The first kappa shape index (κ1) is 12.0. The number of hydrogen-bond donors (Lipinski definition) is 2. The van der Waals surface area contributed by atoms with E-state index in [1.807, 2.05) is 36.5 Å². The van der Waals surface area contributed by atoms with E-state index in [0.717, 1.165) is 17.9 Å². The molecule has 1 fully saturated rings. The van der Waals surface area contributed by atoms with E-state index < -0.39 is 0 Å². The van der Waals surface area contributed by atoms with Gasteiger partial charge in [-0.25, -0.2) is 4.98 Å². The van der Waals surface area contributed by atoms with E-state index in [1.165, 1.54) is 0 Å². The van der Waals surface area contributed by atoms with Crippen molar-refractivity contribution in [2.24, 2.45) is 0 Å².